The van der Waals surface area contributed by atoms with Crippen LogP contribution in [0.25, 0.3) is 0 Å². The zero-order valence-electron chi connectivity index (χ0n) is 13.9. The Hall–Kier alpha value is -2.12. The van der Waals surface area contributed by atoms with E-state index in [1.54, 1.807) is 18.3 Å². The van der Waals surface area contributed by atoms with Gasteiger partial charge in [-0.2, -0.15) is 0 Å². The van der Waals surface area contributed by atoms with Gasteiger partial charge in [0.1, 0.15) is 17.8 Å². The molecule has 1 aliphatic heterocycles. The summed E-state index contributed by atoms with van der Waals surface area (Å²) in [6.07, 6.45) is 5.29. The summed E-state index contributed by atoms with van der Waals surface area (Å²) in [6.45, 7) is 2.17. The monoisotopic (exact) mass is 347 g/mol. The van der Waals surface area contributed by atoms with Crippen molar-refractivity contribution >= 4 is 34.7 Å². The Kier molecular flexibility index (Phi) is 5.01. The first kappa shape index (κ1) is 16.7. The molecule has 0 aromatic carbocycles. The Morgan fingerprint density at radius 1 is 1.25 bits per heavy atom. The van der Waals surface area contributed by atoms with Gasteiger partial charge in [-0.05, 0) is 45.1 Å². The Labute approximate surface area is 146 Å². The molecule has 8 heteroatoms. The number of hydrogen-bond acceptors (Lipinski definition) is 7. The predicted molar refractivity (Wildman–Crippen MR) is 97.9 cm³/mol. The molecule has 0 bridgehead atoms. The summed E-state index contributed by atoms with van der Waals surface area (Å²) in [7, 11) is 4.19. The molecule has 3 N–H and O–H groups in total. The van der Waals surface area contributed by atoms with E-state index in [-0.39, 0.29) is 0 Å². The molecule has 0 aliphatic carbocycles. The summed E-state index contributed by atoms with van der Waals surface area (Å²) < 4.78 is 0. The molecular formula is C16H22ClN7. The van der Waals surface area contributed by atoms with E-state index in [0.29, 0.717) is 28.4 Å². The van der Waals surface area contributed by atoms with Crippen molar-refractivity contribution in [2.45, 2.75) is 18.9 Å². The summed E-state index contributed by atoms with van der Waals surface area (Å²) >= 11 is 5.86. The molecular weight excluding hydrogens is 326 g/mol. The molecule has 0 spiro atoms. The van der Waals surface area contributed by atoms with Gasteiger partial charge in [-0.15, -0.1) is 0 Å². The van der Waals surface area contributed by atoms with E-state index in [4.69, 9.17) is 17.3 Å². The van der Waals surface area contributed by atoms with Crippen LogP contribution in [-0.2, 0) is 0 Å². The maximum Gasteiger partial charge on any atom is 0.160 e. The van der Waals surface area contributed by atoms with Crippen molar-refractivity contribution in [1.82, 2.24) is 19.9 Å². The van der Waals surface area contributed by atoms with Crippen LogP contribution in [0.2, 0.25) is 5.02 Å². The first-order valence-corrected chi connectivity index (χ1v) is 8.33. The van der Waals surface area contributed by atoms with Crippen LogP contribution < -0.4 is 16.0 Å². The number of piperidine rings is 1. The van der Waals surface area contributed by atoms with E-state index in [2.05, 4.69) is 37.1 Å². The van der Waals surface area contributed by atoms with Gasteiger partial charge in [-0.1, -0.05) is 11.6 Å². The minimum absolute atomic E-state index is 0.430. The summed E-state index contributed by atoms with van der Waals surface area (Å²) in [5, 5.41) is 3.71. The molecule has 1 aliphatic rings. The van der Waals surface area contributed by atoms with E-state index in [1.807, 2.05) is 7.05 Å². The van der Waals surface area contributed by atoms with Gasteiger partial charge < -0.3 is 20.9 Å². The lowest BCUT2D eigenvalue weighted by atomic mass is 10.0. The van der Waals surface area contributed by atoms with E-state index < -0.39 is 0 Å². The number of nitrogens with one attached hydrogen (secondary N) is 1. The Morgan fingerprint density at radius 3 is 2.67 bits per heavy atom. The maximum absolute atomic E-state index is 6.30. The molecule has 2 aromatic heterocycles. The average molecular weight is 348 g/mol. The highest BCUT2D eigenvalue weighted by Gasteiger charge is 2.23. The SMILES string of the molecule is CN1CCC(N(C)c2ncnc(Nc3ccc(Cl)cn3)c2N)CC1. The molecule has 3 rings (SSSR count). The van der Waals surface area contributed by atoms with Gasteiger partial charge in [0.15, 0.2) is 11.6 Å². The molecule has 1 fully saturated rings. The fourth-order valence-electron chi connectivity index (χ4n) is 2.89. The second kappa shape index (κ2) is 7.19. The summed E-state index contributed by atoms with van der Waals surface area (Å²) in [4.78, 5) is 17.3. The number of halogens is 1. The lowest BCUT2D eigenvalue weighted by Gasteiger charge is -2.36. The van der Waals surface area contributed by atoms with Crippen LogP contribution in [0.5, 0.6) is 0 Å². The number of nitrogen functional groups attached to an aromatic ring is 1. The molecule has 7 nitrogen and oxygen atoms in total. The van der Waals surface area contributed by atoms with Crippen LogP contribution in [0.4, 0.5) is 23.1 Å². The number of likely N-dealkylation sites (tertiary alicyclic amines) is 1. The summed E-state index contributed by atoms with van der Waals surface area (Å²) in [5.74, 6) is 1.93. The van der Waals surface area contributed by atoms with E-state index in [9.17, 15) is 0 Å². The van der Waals surface area contributed by atoms with Gasteiger partial charge >= 0.3 is 0 Å². The highest BCUT2D eigenvalue weighted by atomic mass is 35.5. The molecule has 0 unspecified atom stereocenters. The van der Waals surface area contributed by atoms with Crippen LogP contribution in [0, 0.1) is 0 Å². The van der Waals surface area contributed by atoms with Crippen molar-refractivity contribution in [3.05, 3.63) is 29.7 Å². The number of pyridine rings is 1. The van der Waals surface area contributed by atoms with Gasteiger partial charge in [-0.3, -0.25) is 0 Å². The summed E-state index contributed by atoms with van der Waals surface area (Å²) in [5.41, 5.74) is 6.83. The Balaban J connectivity index is 1.78. The summed E-state index contributed by atoms with van der Waals surface area (Å²) in [6, 6.07) is 3.98. The largest absolute Gasteiger partial charge is 0.393 e. The predicted octanol–water partition coefficient (Wildman–Crippen LogP) is 2.38. The first-order valence-electron chi connectivity index (χ1n) is 7.95. The van der Waals surface area contributed by atoms with Gasteiger partial charge in [-0.25, -0.2) is 15.0 Å². The van der Waals surface area contributed by atoms with Crippen molar-refractivity contribution in [2.75, 3.05) is 43.1 Å². The number of nitrogens with zero attached hydrogens (tertiary/aromatic N) is 5. The molecule has 24 heavy (non-hydrogen) atoms. The standard InChI is InChI=1S/C16H22ClN7/c1-23-7-5-12(6-8-23)24(2)16-14(18)15(20-10-21-16)22-13-4-3-11(17)9-19-13/h3-4,9-10,12H,5-8,18H2,1-2H3,(H,19,20,21,22). The third-order valence-electron chi connectivity index (χ3n) is 4.41. The van der Waals surface area contributed by atoms with Gasteiger partial charge in [0, 0.05) is 19.3 Å². The van der Waals surface area contributed by atoms with E-state index in [1.165, 1.54) is 6.33 Å². The van der Waals surface area contributed by atoms with E-state index in [0.717, 1.165) is 31.7 Å². The normalized spacial score (nSPS) is 16.1. The average Bonchev–Trinajstić information content (AvgIpc) is 2.59. The van der Waals surface area contributed by atoms with Crippen molar-refractivity contribution in [1.29, 1.82) is 0 Å². The molecule has 0 atom stereocenters. The molecule has 1 saturated heterocycles. The van der Waals surface area contributed by atoms with Gasteiger partial charge in [0.05, 0.1) is 5.02 Å². The molecule has 128 valence electrons. The highest BCUT2D eigenvalue weighted by molar-refractivity contribution is 6.30. The number of hydrogen-bond donors (Lipinski definition) is 2. The number of aromatic nitrogens is 3. The number of rotatable bonds is 4. The topological polar surface area (TPSA) is 83.2 Å². The maximum atomic E-state index is 6.30. The fourth-order valence-corrected chi connectivity index (χ4v) is 3.01. The van der Waals surface area contributed by atoms with Crippen molar-refractivity contribution in [3.63, 3.8) is 0 Å². The molecule has 3 heterocycles. The van der Waals surface area contributed by atoms with Gasteiger partial charge in [0.25, 0.3) is 0 Å². The molecule has 0 amide bonds. The van der Waals surface area contributed by atoms with Crippen LogP contribution in [0.1, 0.15) is 12.8 Å². The zero-order chi connectivity index (χ0) is 17.1. The zero-order valence-corrected chi connectivity index (χ0v) is 14.7. The van der Waals surface area contributed by atoms with Crippen LogP contribution in [-0.4, -0.2) is 53.1 Å². The van der Waals surface area contributed by atoms with Crippen LogP contribution in [0.15, 0.2) is 24.7 Å². The minimum Gasteiger partial charge on any atom is -0.393 e. The Morgan fingerprint density at radius 2 is 2.00 bits per heavy atom. The van der Waals surface area contributed by atoms with Gasteiger partial charge in [0.2, 0.25) is 0 Å². The smallest absolute Gasteiger partial charge is 0.160 e. The van der Waals surface area contributed by atoms with Crippen LogP contribution in [0.3, 0.4) is 0 Å². The van der Waals surface area contributed by atoms with Crippen molar-refractivity contribution in [3.8, 4) is 0 Å². The first-order chi connectivity index (χ1) is 11.5. The third kappa shape index (κ3) is 3.68. The lowest BCUT2D eigenvalue weighted by Crippen LogP contribution is -2.42. The third-order valence-corrected chi connectivity index (χ3v) is 4.63. The van der Waals surface area contributed by atoms with Crippen LogP contribution >= 0.6 is 11.6 Å². The minimum atomic E-state index is 0.430. The lowest BCUT2D eigenvalue weighted by molar-refractivity contribution is 0.252. The number of anilines is 4. The fraction of sp³-hybridized carbons (Fsp3) is 0.438. The molecule has 0 saturated carbocycles. The van der Waals surface area contributed by atoms with Crippen molar-refractivity contribution < 1.29 is 0 Å². The molecule has 2 aromatic rings. The van der Waals surface area contributed by atoms with Crippen molar-refractivity contribution in [2.24, 2.45) is 0 Å². The second-order valence-corrected chi connectivity index (χ2v) is 6.53. The quantitative estimate of drug-likeness (QED) is 0.878. The highest BCUT2D eigenvalue weighted by Crippen LogP contribution is 2.30. The Bertz CT molecular complexity index is 683. The second-order valence-electron chi connectivity index (χ2n) is 6.09. The number of nitrogens with two attached hydrogens (primary N) is 1. The van der Waals surface area contributed by atoms with E-state index >= 15 is 0 Å². The molecule has 0 radical (unpaired) electrons.